The molecule has 1 fully saturated rings. The number of carbonyl (C=O) groups excluding carboxylic acids is 1. The number of benzene rings is 1. The van der Waals surface area contributed by atoms with E-state index in [4.69, 9.17) is 14.2 Å². The molecule has 0 unspecified atom stereocenters. The third-order valence-corrected chi connectivity index (χ3v) is 5.01. The van der Waals surface area contributed by atoms with Crippen LogP contribution >= 0.6 is 15.9 Å². The van der Waals surface area contributed by atoms with Crippen molar-refractivity contribution < 1.29 is 19.0 Å². The molecule has 0 amide bonds. The van der Waals surface area contributed by atoms with Gasteiger partial charge >= 0.3 is 5.97 Å². The number of alkyl halides is 1. The summed E-state index contributed by atoms with van der Waals surface area (Å²) >= 11 is 3.56. The summed E-state index contributed by atoms with van der Waals surface area (Å²) in [4.78, 5) is 11.5. The van der Waals surface area contributed by atoms with E-state index < -0.39 is 0 Å². The second kappa shape index (κ2) is 6.48. The van der Waals surface area contributed by atoms with Gasteiger partial charge in [0.15, 0.2) is 11.5 Å². The molecule has 4 nitrogen and oxygen atoms in total. The molecule has 5 heteroatoms. The fourth-order valence-corrected chi connectivity index (χ4v) is 2.98. The molecule has 0 heterocycles. The molecule has 0 atom stereocenters. The minimum absolute atomic E-state index is 0.242. The van der Waals surface area contributed by atoms with Crippen LogP contribution in [-0.2, 0) is 4.74 Å². The molecule has 1 aromatic rings. The molecule has 1 aromatic carbocycles. The monoisotopic (exact) mass is 342 g/mol. The number of halogens is 1. The van der Waals surface area contributed by atoms with Crippen LogP contribution in [0.1, 0.15) is 29.6 Å². The summed E-state index contributed by atoms with van der Waals surface area (Å²) in [6, 6.07) is 5.08. The first-order chi connectivity index (χ1) is 9.64. The molecule has 1 saturated carbocycles. The van der Waals surface area contributed by atoms with Crippen LogP contribution in [0.5, 0.6) is 11.5 Å². The summed E-state index contributed by atoms with van der Waals surface area (Å²) in [5.41, 5.74) is 0.696. The minimum Gasteiger partial charge on any atom is -0.493 e. The van der Waals surface area contributed by atoms with Crippen molar-refractivity contribution in [2.45, 2.75) is 19.3 Å². The van der Waals surface area contributed by atoms with Gasteiger partial charge in [0.2, 0.25) is 0 Å². The van der Waals surface area contributed by atoms with E-state index in [-0.39, 0.29) is 11.4 Å². The van der Waals surface area contributed by atoms with Crippen molar-refractivity contribution in [3.8, 4) is 11.5 Å². The molecule has 1 aliphatic carbocycles. The fraction of sp³-hybridized carbons (Fsp3) is 0.533. The zero-order chi connectivity index (χ0) is 14.6. The topological polar surface area (TPSA) is 44.8 Å². The maximum atomic E-state index is 11.5. The van der Waals surface area contributed by atoms with Crippen LogP contribution in [0.15, 0.2) is 18.2 Å². The van der Waals surface area contributed by atoms with Crippen molar-refractivity contribution in [1.82, 2.24) is 0 Å². The minimum atomic E-state index is -0.384. The predicted molar refractivity (Wildman–Crippen MR) is 79.9 cm³/mol. The van der Waals surface area contributed by atoms with E-state index >= 15 is 0 Å². The van der Waals surface area contributed by atoms with Crippen LogP contribution in [0.3, 0.4) is 0 Å². The number of rotatable bonds is 6. The van der Waals surface area contributed by atoms with Gasteiger partial charge < -0.3 is 14.2 Å². The molecule has 2 rings (SSSR count). The second-order valence-corrected chi connectivity index (χ2v) is 5.69. The summed E-state index contributed by atoms with van der Waals surface area (Å²) in [6.07, 6.45) is 3.62. The molecule has 0 bridgehead atoms. The van der Waals surface area contributed by atoms with Crippen molar-refractivity contribution in [2.75, 3.05) is 26.2 Å². The van der Waals surface area contributed by atoms with Gasteiger partial charge in [0.1, 0.15) is 0 Å². The van der Waals surface area contributed by atoms with Gasteiger partial charge in [-0.3, -0.25) is 0 Å². The summed E-state index contributed by atoms with van der Waals surface area (Å²) in [5.74, 6) is 0.829. The van der Waals surface area contributed by atoms with Gasteiger partial charge in [-0.05, 0) is 31.0 Å². The largest absolute Gasteiger partial charge is 0.493 e. The Balaban J connectivity index is 2.09. The van der Waals surface area contributed by atoms with Gasteiger partial charge in [-0.15, -0.1) is 0 Å². The second-order valence-electron chi connectivity index (χ2n) is 5.13. The molecule has 0 N–H and O–H groups in total. The van der Waals surface area contributed by atoms with Crippen LogP contribution in [0.25, 0.3) is 0 Å². The molecule has 0 aromatic heterocycles. The van der Waals surface area contributed by atoms with Crippen LogP contribution in [0.4, 0.5) is 0 Å². The number of methoxy groups -OCH3 is 2. The quantitative estimate of drug-likeness (QED) is 0.586. The third kappa shape index (κ3) is 3.08. The highest BCUT2D eigenvalue weighted by Gasteiger charge is 2.37. The van der Waals surface area contributed by atoms with Crippen molar-refractivity contribution in [3.05, 3.63) is 23.8 Å². The van der Waals surface area contributed by atoms with Crippen LogP contribution in [-0.4, -0.2) is 32.1 Å². The molecule has 20 heavy (non-hydrogen) atoms. The van der Waals surface area contributed by atoms with Crippen LogP contribution in [0.2, 0.25) is 0 Å². The Labute approximate surface area is 127 Å². The average Bonchev–Trinajstić information content (AvgIpc) is 2.45. The number of ether oxygens (including phenoxy) is 3. The lowest BCUT2D eigenvalue weighted by molar-refractivity contribution is 0.0599. The van der Waals surface area contributed by atoms with Gasteiger partial charge in [0.05, 0.1) is 26.4 Å². The van der Waals surface area contributed by atoms with Gasteiger partial charge in [0, 0.05) is 10.7 Å². The Morgan fingerprint density at radius 2 is 2.05 bits per heavy atom. The number of hydrogen-bond acceptors (Lipinski definition) is 4. The third-order valence-electron chi connectivity index (χ3n) is 3.82. The standard InChI is InChI=1S/C15H19BrO4/c1-18-13-8-11(14(17)19-2)4-5-12(13)20-10-15(9-16)6-3-7-15/h4-5,8H,3,6-7,9-10H2,1-2H3. The van der Waals surface area contributed by atoms with Crippen molar-refractivity contribution >= 4 is 21.9 Å². The number of carbonyl (C=O) groups is 1. The first-order valence-electron chi connectivity index (χ1n) is 6.59. The van der Waals surface area contributed by atoms with Crippen molar-refractivity contribution in [2.24, 2.45) is 5.41 Å². The Morgan fingerprint density at radius 3 is 2.55 bits per heavy atom. The SMILES string of the molecule is COC(=O)c1ccc(OCC2(CBr)CCC2)c(OC)c1. The Hall–Kier alpha value is -1.23. The molecular formula is C15H19BrO4. The normalized spacial score (nSPS) is 16.1. The maximum absolute atomic E-state index is 11.5. The zero-order valence-electron chi connectivity index (χ0n) is 11.8. The molecule has 0 radical (unpaired) electrons. The number of esters is 1. The van der Waals surface area contributed by atoms with Crippen molar-refractivity contribution in [3.63, 3.8) is 0 Å². The fourth-order valence-electron chi connectivity index (χ4n) is 2.26. The van der Waals surface area contributed by atoms with Crippen molar-refractivity contribution in [1.29, 1.82) is 0 Å². The summed E-state index contributed by atoms with van der Waals surface area (Å²) in [7, 11) is 2.92. The smallest absolute Gasteiger partial charge is 0.337 e. The van der Waals surface area contributed by atoms with Crippen LogP contribution in [0, 0.1) is 5.41 Å². The van der Waals surface area contributed by atoms with E-state index in [1.807, 2.05) is 0 Å². The van der Waals surface area contributed by atoms with Gasteiger partial charge in [0.25, 0.3) is 0 Å². The summed E-state index contributed by atoms with van der Waals surface area (Å²) in [6.45, 7) is 0.659. The molecule has 1 aliphatic rings. The lowest BCUT2D eigenvalue weighted by Crippen LogP contribution is -2.37. The molecule has 110 valence electrons. The van der Waals surface area contributed by atoms with Crippen LogP contribution < -0.4 is 9.47 Å². The van der Waals surface area contributed by atoms with Gasteiger partial charge in [-0.1, -0.05) is 22.4 Å². The lowest BCUT2D eigenvalue weighted by atomic mass is 9.71. The Morgan fingerprint density at radius 1 is 1.30 bits per heavy atom. The highest BCUT2D eigenvalue weighted by Crippen LogP contribution is 2.43. The van der Waals surface area contributed by atoms with E-state index in [0.717, 1.165) is 5.33 Å². The first kappa shape index (κ1) is 15.2. The zero-order valence-corrected chi connectivity index (χ0v) is 13.4. The summed E-state index contributed by atoms with van der Waals surface area (Å²) < 4.78 is 15.9. The highest BCUT2D eigenvalue weighted by atomic mass is 79.9. The van der Waals surface area contributed by atoms with Gasteiger partial charge in [-0.2, -0.15) is 0 Å². The van der Waals surface area contributed by atoms with E-state index in [1.165, 1.54) is 26.4 Å². The summed E-state index contributed by atoms with van der Waals surface area (Å²) in [5, 5.41) is 0.947. The predicted octanol–water partition coefficient (Wildman–Crippen LogP) is 3.43. The Bertz CT molecular complexity index is 477. The van der Waals surface area contributed by atoms with E-state index in [9.17, 15) is 4.79 Å². The maximum Gasteiger partial charge on any atom is 0.337 e. The molecule has 0 saturated heterocycles. The van der Waals surface area contributed by atoms with E-state index in [0.29, 0.717) is 23.7 Å². The molecular weight excluding hydrogens is 324 g/mol. The first-order valence-corrected chi connectivity index (χ1v) is 7.71. The van der Waals surface area contributed by atoms with E-state index in [1.54, 1.807) is 25.3 Å². The van der Waals surface area contributed by atoms with E-state index in [2.05, 4.69) is 15.9 Å². The molecule has 0 spiro atoms. The lowest BCUT2D eigenvalue weighted by Gasteiger charge is -2.40. The average molecular weight is 343 g/mol. The number of hydrogen-bond donors (Lipinski definition) is 0. The molecule has 0 aliphatic heterocycles. The highest BCUT2D eigenvalue weighted by molar-refractivity contribution is 9.09. The van der Waals surface area contributed by atoms with Gasteiger partial charge in [-0.25, -0.2) is 4.79 Å². The Kier molecular flexibility index (Phi) is 4.91.